The van der Waals surface area contributed by atoms with Crippen molar-refractivity contribution in [2.45, 2.75) is 20.8 Å². The van der Waals surface area contributed by atoms with Crippen LogP contribution in [0.3, 0.4) is 0 Å². The van der Waals surface area contributed by atoms with Crippen LogP contribution in [0.2, 0.25) is 0 Å². The molecule has 0 bridgehead atoms. The van der Waals surface area contributed by atoms with E-state index in [0.717, 1.165) is 50.4 Å². The molecule has 41 heavy (non-hydrogen) atoms. The summed E-state index contributed by atoms with van der Waals surface area (Å²) in [5, 5.41) is 11.0. The van der Waals surface area contributed by atoms with Crippen LogP contribution in [-0.2, 0) is 0 Å². The van der Waals surface area contributed by atoms with E-state index in [9.17, 15) is 0 Å². The maximum absolute atomic E-state index is 8.57. The van der Waals surface area contributed by atoms with Crippen LogP contribution in [-0.4, -0.2) is 10.7 Å². The highest BCUT2D eigenvalue weighted by Crippen LogP contribution is 2.33. The summed E-state index contributed by atoms with van der Waals surface area (Å²) in [6.07, 6.45) is 20.4. The van der Waals surface area contributed by atoms with E-state index in [-0.39, 0.29) is 0 Å². The molecule has 0 spiro atoms. The minimum atomic E-state index is 0.514. The molecule has 1 N–H and O–H groups in total. The van der Waals surface area contributed by atoms with Gasteiger partial charge < -0.3 is 5.41 Å². The maximum Gasteiger partial charge on any atom is 0.0715 e. The molecule has 0 radical (unpaired) electrons. The SMILES string of the molecule is C\C=C/C=C(\C(C)=C1/C=CC=CC1=N)c1cc(C(/C=C\c2ccccc2)=C/C)nc(-c2ccc3ccccc3c2)c1. The Kier molecular flexibility index (Phi) is 8.61. The van der Waals surface area contributed by atoms with Crippen molar-refractivity contribution >= 4 is 33.7 Å². The Morgan fingerprint density at radius 1 is 0.805 bits per heavy atom. The number of allylic oxidation sites excluding steroid dienone is 13. The zero-order valence-electron chi connectivity index (χ0n) is 23.8. The molecule has 0 aliphatic heterocycles. The molecule has 0 unspecified atom stereocenters. The van der Waals surface area contributed by atoms with E-state index >= 15 is 0 Å². The molecule has 1 aliphatic rings. The standard InChI is InChI=1S/C39H34N2/c1-4-6-18-35(28(3)36-19-12-13-20-37(36)40)34-26-38(30(5-2)22-21-29-14-8-7-9-15-29)41-39(27-34)33-24-23-31-16-10-11-17-32(31)25-33/h4-27,40H,1-3H3/b6-4-,22-21-,30-5+,35-18+,36-28+,40-37?. The lowest BCUT2D eigenvalue weighted by Gasteiger charge is -2.17. The molecule has 1 heterocycles. The van der Waals surface area contributed by atoms with Crippen molar-refractivity contribution < 1.29 is 0 Å². The summed E-state index contributed by atoms with van der Waals surface area (Å²) in [5.74, 6) is 0. The minimum absolute atomic E-state index is 0.514. The lowest BCUT2D eigenvalue weighted by atomic mass is 9.89. The summed E-state index contributed by atoms with van der Waals surface area (Å²) in [7, 11) is 0. The number of nitrogens with zero attached hydrogens (tertiary/aromatic N) is 1. The first-order valence-corrected chi connectivity index (χ1v) is 14.0. The van der Waals surface area contributed by atoms with E-state index in [1.807, 2.05) is 55.5 Å². The molecule has 4 aromatic rings. The Bertz CT molecular complexity index is 1810. The summed E-state index contributed by atoms with van der Waals surface area (Å²) >= 11 is 0. The third kappa shape index (κ3) is 6.40. The van der Waals surface area contributed by atoms with Crippen LogP contribution in [0.25, 0.3) is 39.3 Å². The highest BCUT2D eigenvalue weighted by atomic mass is 14.7. The van der Waals surface area contributed by atoms with E-state index in [4.69, 9.17) is 10.4 Å². The third-order valence-electron chi connectivity index (χ3n) is 7.23. The number of pyridine rings is 1. The first-order valence-electron chi connectivity index (χ1n) is 14.0. The van der Waals surface area contributed by atoms with Crippen LogP contribution < -0.4 is 0 Å². The molecule has 0 fully saturated rings. The minimum Gasteiger partial charge on any atom is -0.300 e. The summed E-state index contributed by atoms with van der Waals surface area (Å²) in [6.45, 7) is 6.18. The van der Waals surface area contributed by atoms with Crippen molar-refractivity contribution in [3.05, 3.63) is 168 Å². The van der Waals surface area contributed by atoms with Gasteiger partial charge in [-0.15, -0.1) is 0 Å². The van der Waals surface area contributed by atoms with Gasteiger partial charge in [-0.05, 0) is 83.7 Å². The van der Waals surface area contributed by atoms with Gasteiger partial charge in [0.05, 0.1) is 17.1 Å². The van der Waals surface area contributed by atoms with Crippen molar-refractivity contribution in [2.24, 2.45) is 0 Å². The van der Waals surface area contributed by atoms with E-state index < -0.39 is 0 Å². The lowest BCUT2D eigenvalue weighted by Crippen LogP contribution is -2.03. The second kappa shape index (κ2) is 12.8. The largest absolute Gasteiger partial charge is 0.300 e. The van der Waals surface area contributed by atoms with Gasteiger partial charge in [0.2, 0.25) is 0 Å². The molecule has 5 rings (SSSR count). The molecule has 2 nitrogen and oxygen atoms in total. The van der Waals surface area contributed by atoms with Gasteiger partial charge in [-0.25, -0.2) is 4.98 Å². The van der Waals surface area contributed by atoms with Gasteiger partial charge in [0, 0.05) is 11.1 Å². The average Bonchev–Trinajstić information content (AvgIpc) is 3.02. The molecule has 1 aromatic heterocycles. The van der Waals surface area contributed by atoms with E-state index in [1.165, 1.54) is 10.8 Å². The van der Waals surface area contributed by atoms with Crippen molar-refractivity contribution in [3.8, 4) is 11.3 Å². The normalized spacial score (nSPS) is 15.4. The molecule has 0 saturated carbocycles. The fraction of sp³-hybridized carbons (Fsp3) is 0.0769. The highest BCUT2D eigenvalue weighted by Gasteiger charge is 2.15. The third-order valence-corrected chi connectivity index (χ3v) is 7.23. The van der Waals surface area contributed by atoms with Gasteiger partial charge in [-0.1, -0.05) is 121 Å². The van der Waals surface area contributed by atoms with E-state index in [0.29, 0.717) is 5.71 Å². The summed E-state index contributed by atoms with van der Waals surface area (Å²) < 4.78 is 0. The first kappa shape index (κ1) is 27.5. The second-order valence-corrected chi connectivity index (χ2v) is 9.95. The monoisotopic (exact) mass is 530 g/mol. The fourth-order valence-electron chi connectivity index (χ4n) is 5.00. The van der Waals surface area contributed by atoms with Crippen molar-refractivity contribution in [3.63, 3.8) is 0 Å². The lowest BCUT2D eigenvalue weighted by molar-refractivity contribution is 1.26. The Balaban J connectivity index is 1.71. The highest BCUT2D eigenvalue weighted by molar-refractivity contribution is 6.12. The molecular weight excluding hydrogens is 496 g/mol. The predicted octanol–water partition coefficient (Wildman–Crippen LogP) is 10.4. The summed E-state index contributed by atoms with van der Waals surface area (Å²) in [5.41, 5.74) is 9.68. The first-order chi connectivity index (χ1) is 20.1. The Morgan fingerprint density at radius 3 is 2.32 bits per heavy atom. The Hall–Kier alpha value is -5.08. The van der Waals surface area contributed by atoms with Crippen LogP contribution in [0.15, 0.2) is 151 Å². The second-order valence-electron chi connectivity index (χ2n) is 9.95. The molecule has 200 valence electrons. The van der Waals surface area contributed by atoms with Gasteiger partial charge in [-0.3, -0.25) is 0 Å². The maximum atomic E-state index is 8.57. The van der Waals surface area contributed by atoms with Crippen molar-refractivity contribution in [1.82, 2.24) is 4.98 Å². The zero-order valence-corrected chi connectivity index (χ0v) is 23.8. The van der Waals surface area contributed by atoms with Gasteiger partial charge >= 0.3 is 0 Å². The van der Waals surface area contributed by atoms with Crippen LogP contribution in [0.5, 0.6) is 0 Å². The topological polar surface area (TPSA) is 36.7 Å². The summed E-state index contributed by atoms with van der Waals surface area (Å²) in [6, 6.07) is 29.6. The van der Waals surface area contributed by atoms with Crippen LogP contribution in [0.4, 0.5) is 0 Å². The number of hydrogen-bond donors (Lipinski definition) is 1. The smallest absolute Gasteiger partial charge is 0.0715 e. The van der Waals surface area contributed by atoms with Gasteiger partial charge in [0.25, 0.3) is 0 Å². The number of aromatic nitrogens is 1. The number of fused-ring (bicyclic) bond motifs is 1. The zero-order chi connectivity index (χ0) is 28.6. The predicted molar refractivity (Wildman–Crippen MR) is 178 cm³/mol. The van der Waals surface area contributed by atoms with Crippen molar-refractivity contribution in [2.75, 3.05) is 0 Å². The van der Waals surface area contributed by atoms with Gasteiger partial charge in [0.1, 0.15) is 0 Å². The molecule has 0 amide bonds. The Labute approximate surface area is 243 Å². The average molecular weight is 531 g/mol. The van der Waals surface area contributed by atoms with Crippen LogP contribution >= 0.6 is 0 Å². The molecule has 0 saturated heterocycles. The molecule has 0 atom stereocenters. The number of benzene rings is 3. The number of nitrogens with one attached hydrogen (secondary N) is 1. The fourth-order valence-corrected chi connectivity index (χ4v) is 5.00. The quantitative estimate of drug-likeness (QED) is 0.237. The molecule has 1 aliphatic carbocycles. The number of hydrogen-bond acceptors (Lipinski definition) is 2. The number of rotatable bonds is 7. The molecule has 3 aromatic carbocycles. The molecular formula is C39H34N2. The van der Waals surface area contributed by atoms with E-state index in [2.05, 4.69) is 111 Å². The van der Waals surface area contributed by atoms with E-state index in [1.54, 1.807) is 0 Å². The van der Waals surface area contributed by atoms with Crippen LogP contribution in [0, 0.1) is 5.41 Å². The summed E-state index contributed by atoms with van der Waals surface area (Å²) in [4.78, 5) is 5.20. The van der Waals surface area contributed by atoms with Gasteiger partial charge in [0.15, 0.2) is 0 Å². The van der Waals surface area contributed by atoms with Crippen LogP contribution in [0.1, 0.15) is 37.6 Å². The van der Waals surface area contributed by atoms with Crippen molar-refractivity contribution in [1.29, 1.82) is 5.41 Å². The Morgan fingerprint density at radius 2 is 1.56 bits per heavy atom. The van der Waals surface area contributed by atoms with Gasteiger partial charge in [-0.2, -0.15) is 0 Å². The molecule has 2 heteroatoms.